The Bertz CT molecular complexity index is 926. The van der Waals surface area contributed by atoms with Crippen LogP contribution in [0.25, 0.3) is 0 Å². The number of rotatable bonds is 7. The largest absolute Gasteiger partial charge is 0.493 e. The van der Waals surface area contributed by atoms with Crippen molar-refractivity contribution in [3.8, 4) is 5.75 Å². The van der Waals surface area contributed by atoms with Gasteiger partial charge in [0.15, 0.2) is 0 Å². The summed E-state index contributed by atoms with van der Waals surface area (Å²) in [6.07, 6.45) is 0.903. The Balaban J connectivity index is 1.73. The average Bonchev–Trinajstić information content (AvgIpc) is 2.67. The number of amides is 1. The first-order valence-electron chi connectivity index (χ1n) is 9.03. The number of nitrogens with two attached hydrogens (primary N) is 1. The fraction of sp³-hybridized carbons (Fsp3) is 0.350. The van der Waals surface area contributed by atoms with Crippen LogP contribution in [0.5, 0.6) is 5.75 Å². The number of hydrogen-bond donors (Lipinski definition) is 1. The molecule has 0 spiro atoms. The van der Waals surface area contributed by atoms with Gasteiger partial charge in [0.2, 0.25) is 15.9 Å². The van der Waals surface area contributed by atoms with Gasteiger partial charge in [-0.2, -0.15) is 4.31 Å². The third-order valence-electron chi connectivity index (χ3n) is 5.08. The van der Waals surface area contributed by atoms with E-state index in [0.29, 0.717) is 18.6 Å². The van der Waals surface area contributed by atoms with Crippen LogP contribution in [0.15, 0.2) is 59.5 Å². The molecule has 0 aliphatic carbocycles. The Morgan fingerprint density at radius 3 is 2.29 bits per heavy atom. The van der Waals surface area contributed by atoms with Crippen LogP contribution in [-0.2, 0) is 14.8 Å². The van der Waals surface area contributed by atoms with Crippen LogP contribution in [0.4, 0.5) is 4.39 Å². The van der Waals surface area contributed by atoms with Gasteiger partial charge < -0.3 is 10.5 Å². The average molecular weight is 406 g/mol. The number of benzene rings is 2. The summed E-state index contributed by atoms with van der Waals surface area (Å²) in [4.78, 5) is 11.3. The third-order valence-corrected chi connectivity index (χ3v) is 7.01. The van der Waals surface area contributed by atoms with Gasteiger partial charge in [-0.25, -0.2) is 12.8 Å². The van der Waals surface area contributed by atoms with Crippen LogP contribution >= 0.6 is 0 Å². The van der Waals surface area contributed by atoms with Crippen molar-refractivity contribution in [1.82, 2.24) is 4.31 Å². The second-order valence-corrected chi connectivity index (χ2v) is 8.99. The highest BCUT2D eigenvalue weighted by atomic mass is 32.2. The molecule has 1 saturated heterocycles. The van der Waals surface area contributed by atoms with Crippen LogP contribution in [0, 0.1) is 11.2 Å². The lowest BCUT2D eigenvalue weighted by molar-refractivity contribution is -0.121. The molecule has 3 rings (SSSR count). The van der Waals surface area contributed by atoms with E-state index in [4.69, 9.17) is 10.5 Å². The van der Waals surface area contributed by atoms with E-state index in [2.05, 4.69) is 0 Å². The molecular weight excluding hydrogens is 383 g/mol. The Labute approximate surface area is 164 Å². The molecule has 6 nitrogen and oxygen atoms in total. The number of primary amides is 1. The Morgan fingerprint density at radius 1 is 1.07 bits per heavy atom. The summed E-state index contributed by atoms with van der Waals surface area (Å²) in [5, 5.41) is 0. The fourth-order valence-corrected chi connectivity index (χ4v) is 5.00. The summed E-state index contributed by atoms with van der Waals surface area (Å²) >= 11 is 0. The number of halogens is 1. The number of carbonyl (C=O) groups excluding carboxylic acids is 1. The van der Waals surface area contributed by atoms with Crippen molar-refractivity contribution in [3.63, 3.8) is 0 Å². The van der Waals surface area contributed by atoms with E-state index in [0.717, 1.165) is 6.07 Å². The summed E-state index contributed by atoms with van der Waals surface area (Å²) in [7, 11) is -3.94. The van der Waals surface area contributed by atoms with Crippen molar-refractivity contribution in [1.29, 1.82) is 0 Å². The maximum Gasteiger partial charge on any atom is 0.245 e. The first-order valence-corrected chi connectivity index (χ1v) is 10.5. The molecule has 28 heavy (non-hydrogen) atoms. The summed E-state index contributed by atoms with van der Waals surface area (Å²) in [5.74, 6) is -0.557. The maximum atomic E-state index is 14.0. The molecule has 0 radical (unpaired) electrons. The number of ether oxygens (including phenoxy) is 1. The maximum absolute atomic E-state index is 14.0. The molecule has 1 amide bonds. The molecule has 0 unspecified atom stereocenters. The highest BCUT2D eigenvalue weighted by Gasteiger charge is 2.40. The zero-order valence-corrected chi connectivity index (χ0v) is 16.2. The number of nitrogens with zero attached hydrogens (tertiary/aromatic N) is 1. The Hall–Kier alpha value is -2.45. The van der Waals surface area contributed by atoms with Gasteiger partial charge in [0.1, 0.15) is 16.5 Å². The normalized spacial score (nSPS) is 17.2. The molecule has 1 fully saturated rings. The van der Waals surface area contributed by atoms with Gasteiger partial charge >= 0.3 is 0 Å². The van der Waals surface area contributed by atoms with Gasteiger partial charge in [-0.3, -0.25) is 4.79 Å². The summed E-state index contributed by atoms with van der Waals surface area (Å²) in [6.45, 7) is 0.595. The second-order valence-electron chi connectivity index (χ2n) is 7.08. The first-order chi connectivity index (χ1) is 13.3. The molecule has 8 heteroatoms. The molecule has 2 aromatic carbocycles. The van der Waals surface area contributed by atoms with E-state index in [-0.39, 0.29) is 31.0 Å². The molecule has 2 aromatic rings. The minimum absolute atomic E-state index is 0.105. The van der Waals surface area contributed by atoms with E-state index < -0.39 is 27.2 Å². The number of piperidine rings is 1. The van der Waals surface area contributed by atoms with Crippen molar-refractivity contribution in [2.45, 2.75) is 24.2 Å². The summed E-state index contributed by atoms with van der Waals surface area (Å²) in [5.41, 5.74) is 4.88. The molecule has 1 aliphatic heterocycles. The van der Waals surface area contributed by atoms with E-state index in [9.17, 15) is 17.6 Å². The van der Waals surface area contributed by atoms with E-state index in [1.54, 1.807) is 0 Å². The first kappa shape index (κ1) is 20.3. The van der Waals surface area contributed by atoms with E-state index in [1.807, 2.05) is 30.3 Å². The van der Waals surface area contributed by atoms with Gasteiger partial charge in [0, 0.05) is 24.9 Å². The molecule has 1 aliphatic rings. The third kappa shape index (κ3) is 4.51. The minimum Gasteiger partial charge on any atom is -0.493 e. The Morgan fingerprint density at radius 2 is 1.68 bits per heavy atom. The lowest BCUT2D eigenvalue weighted by Gasteiger charge is -2.40. The minimum atomic E-state index is -3.94. The smallest absolute Gasteiger partial charge is 0.245 e. The van der Waals surface area contributed by atoms with Gasteiger partial charge in [-0.15, -0.1) is 0 Å². The SMILES string of the molecule is NC(=O)CC1(COc2ccccc2)CCN(S(=O)(=O)c2ccccc2F)CC1. The molecule has 0 atom stereocenters. The monoisotopic (exact) mass is 406 g/mol. The quantitative estimate of drug-likeness (QED) is 0.765. The lowest BCUT2D eigenvalue weighted by Crippen LogP contribution is -2.47. The van der Waals surface area contributed by atoms with Crippen molar-refractivity contribution >= 4 is 15.9 Å². The molecular formula is C20H23FN2O4S. The van der Waals surface area contributed by atoms with Gasteiger partial charge in [-0.05, 0) is 37.1 Å². The van der Waals surface area contributed by atoms with Crippen molar-refractivity contribution in [3.05, 3.63) is 60.4 Å². The zero-order chi connectivity index (χ0) is 20.2. The highest BCUT2D eigenvalue weighted by molar-refractivity contribution is 7.89. The van der Waals surface area contributed by atoms with Crippen LogP contribution in [0.1, 0.15) is 19.3 Å². The number of carbonyl (C=O) groups is 1. The topological polar surface area (TPSA) is 89.7 Å². The highest BCUT2D eigenvalue weighted by Crippen LogP contribution is 2.37. The van der Waals surface area contributed by atoms with E-state index in [1.165, 1.54) is 22.5 Å². The molecule has 150 valence electrons. The van der Waals surface area contributed by atoms with Crippen molar-refractivity contribution < 1.29 is 22.3 Å². The van der Waals surface area contributed by atoms with Crippen LogP contribution in [-0.4, -0.2) is 38.3 Å². The number of para-hydroxylation sites is 1. The molecule has 1 heterocycles. The van der Waals surface area contributed by atoms with Crippen molar-refractivity contribution in [2.24, 2.45) is 11.1 Å². The fourth-order valence-electron chi connectivity index (χ4n) is 3.49. The zero-order valence-electron chi connectivity index (χ0n) is 15.4. The standard InChI is InChI=1S/C20H23FN2O4S/c21-17-8-4-5-9-18(17)28(25,26)23-12-10-20(11-13-23,14-19(22)24)15-27-16-6-2-1-3-7-16/h1-9H,10-15H2,(H2,22,24). The molecule has 2 N–H and O–H groups in total. The summed E-state index contributed by atoms with van der Waals surface area (Å²) < 4.78 is 46.6. The van der Waals surface area contributed by atoms with Crippen molar-refractivity contribution in [2.75, 3.05) is 19.7 Å². The second kappa shape index (κ2) is 8.28. The number of hydrogen-bond acceptors (Lipinski definition) is 4. The van der Waals surface area contributed by atoms with Gasteiger partial charge in [0.25, 0.3) is 0 Å². The number of sulfonamides is 1. The molecule has 0 bridgehead atoms. The molecule has 0 aromatic heterocycles. The van der Waals surface area contributed by atoms with E-state index >= 15 is 0 Å². The van der Waals surface area contributed by atoms with Crippen LogP contribution in [0.3, 0.4) is 0 Å². The summed E-state index contributed by atoms with van der Waals surface area (Å²) in [6, 6.07) is 14.5. The van der Waals surface area contributed by atoms with Gasteiger partial charge in [-0.1, -0.05) is 30.3 Å². The van der Waals surface area contributed by atoms with Gasteiger partial charge in [0.05, 0.1) is 6.61 Å². The lowest BCUT2D eigenvalue weighted by atomic mass is 9.76. The predicted molar refractivity (Wildman–Crippen MR) is 103 cm³/mol. The van der Waals surface area contributed by atoms with Crippen LogP contribution in [0.2, 0.25) is 0 Å². The Kier molecular flexibility index (Phi) is 6.00. The predicted octanol–water partition coefficient (Wildman–Crippen LogP) is 2.55. The molecule has 0 saturated carbocycles. The van der Waals surface area contributed by atoms with Crippen LogP contribution < -0.4 is 10.5 Å².